The minimum atomic E-state index is -0.285. The third-order valence-electron chi connectivity index (χ3n) is 4.01. The van der Waals surface area contributed by atoms with Crippen molar-refractivity contribution in [1.82, 2.24) is 0 Å². The summed E-state index contributed by atoms with van der Waals surface area (Å²) in [6.07, 6.45) is 0. The van der Waals surface area contributed by atoms with Gasteiger partial charge in [0.05, 0.1) is 17.8 Å². The van der Waals surface area contributed by atoms with Crippen LogP contribution in [0, 0.1) is 0 Å². The Morgan fingerprint density at radius 2 is 1.68 bits per heavy atom. The summed E-state index contributed by atoms with van der Waals surface area (Å²) in [5, 5.41) is 6.59. The molecule has 0 spiro atoms. The number of hydrogen-bond donors (Lipinski definition) is 2. The van der Waals surface area contributed by atoms with E-state index in [0.717, 1.165) is 11.3 Å². The summed E-state index contributed by atoms with van der Waals surface area (Å²) < 4.78 is 10.7. The van der Waals surface area contributed by atoms with Gasteiger partial charge in [0.25, 0.3) is 5.91 Å². The Bertz CT molecular complexity index is 932. The molecule has 0 aromatic heterocycles. The van der Waals surface area contributed by atoms with E-state index in [-0.39, 0.29) is 12.5 Å². The van der Waals surface area contributed by atoms with Crippen LogP contribution in [-0.4, -0.2) is 19.6 Å². The van der Waals surface area contributed by atoms with Crippen molar-refractivity contribution in [2.24, 2.45) is 0 Å². The molecule has 0 aliphatic heterocycles. The second kappa shape index (κ2) is 9.67. The number of rotatable bonds is 8. The van der Waals surface area contributed by atoms with Crippen LogP contribution < -0.4 is 20.1 Å². The first-order chi connectivity index (χ1) is 13.7. The Morgan fingerprint density at radius 3 is 2.39 bits per heavy atom. The van der Waals surface area contributed by atoms with Crippen LogP contribution >= 0.6 is 11.6 Å². The number of anilines is 2. The van der Waals surface area contributed by atoms with Crippen molar-refractivity contribution in [1.29, 1.82) is 0 Å². The molecular weight excluding hydrogens is 376 g/mol. The highest BCUT2D eigenvalue weighted by atomic mass is 35.5. The molecule has 0 fully saturated rings. The van der Waals surface area contributed by atoms with E-state index in [1.807, 2.05) is 48.5 Å². The van der Waals surface area contributed by atoms with Gasteiger partial charge in [-0.1, -0.05) is 54.1 Å². The highest BCUT2D eigenvalue weighted by Gasteiger charge is 2.09. The molecule has 3 rings (SSSR count). The van der Waals surface area contributed by atoms with Crippen molar-refractivity contribution in [3.63, 3.8) is 0 Å². The smallest absolute Gasteiger partial charge is 0.262 e. The fourth-order valence-corrected chi connectivity index (χ4v) is 2.86. The molecule has 6 heteroatoms. The Labute approximate surface area is 169 Å². The van der Waals surface area contributed by atoms with E-state index in [4.69, 9.17) is 21.1 Å². The Kier molecular flexibility index (Phi) is 6.76. The van der Waals surface area contributed by atoms with Gasteiger partial charge in [0.15, 0.2) is 18.1 Å². The van der Waals surface area contributed by atoms with E-state index in [0.29, 0.717) is 28.8 Å². The summed E-state index contributed by atoms with van der Waals surface area (Å²) in [4.78, 5) is 12.2. The molecule has 0 atom stereocenters. The summed E-state index contributed by atoms with van der Waals surface area (Å²) >= 11 is 6.33. The highest BCUT2D eigenvalue weighted by molar-refractivity contribution is 6.33. The van der Waals surface area contributed by atoms with Gasteiger partial charge >= 0.3 is 0 Å². The number of carbonyl (C=O) groups is 1. The summed E-state index contributed by atoms with van der Waals surface area (Å²) in [7, 11) is 1.55. The molecular formula is C22H21ClN2O3. The SMILES string of the molecule is COc1ccccc1OCC(=O)Nc1ccc(NCc2ccccc2)c(Cl)c1. The number of halogens is 1. The van der Waals surface area contributed by atoms with Crippen molar-refractivity contribution >= 4 is 28.9 Å². The van der Waals surface area contributed by atoms with Crippen LogP contribution in [0.3, 0.4) is 0 Å². The van der Waals surface area contributed by atoms with Crippen LogP contribution in [0.15, 0.2) is 72.8 Å². The largest absolute Gasteiger partial charge is 0.493 e. The molecule has 0 radical (unpaired) electrons. The zero-order chi connectivity index (χ0) is 19.8. The third kappa shape index (κ3) is 5.41. The van der Waals surface area contributed by atoms with Crippen LogP contribution in [0.5, 0.6) is 11.5 Å². The van der Waals surface area contributed by atoms with Gasteiger partial charge in [-0.05, 0) is 35.9 Å². The van der Waals surface area contributed by atoms with Crippen molar-refractivity contribution in [2.75, 3.05) is 24.4 Å². The molecule has 3 aromatic carbocycles. The molecule has 3 aromatic rings. The van der Waals surface area contributed by atoms with Crippen LogP contribution in [0.4, 0.5) is 11.4 Å². The van der Waals surface area contributed by atoms with Crippen molar-refractivity contribution in [2.45, 2.75) is 6.54 Å². The van der Waals surface area contributed by atoms with Crippen molar-refractivity contribution in [3.8, 4) is 11.5 Å². The van der Waals surface area contributed by atoms with E-state index in [2.05, 4.69) is 10.6 Å². The standard InChI is InChI=1S/C22H21ClN2O3/c1-27-20-9-5-6-10-21(20)28-15-22(26)25-17-11-12-19(18(23)13-17)24-14-16-7-3-2-4-8-16/h2-13,24H,14-15H2,1H3,(H,25,26). The normalized spacial score (nSPS) is 10.2. The number of nitrogens with one attached hydrogen (secondary N) is 2. The van der Waals surface area contributed by atoms with Crippen molar-refractivity contribution in [3.05, 3.63) is 83.4 Å². The van der Waals surface area contributed by atoms with E-state index in [9.17, 15) is 4.79 Å². The topological polar surface area (TPSA) is 59.6 Å². The predicted octanol–water partition coefficient (Wildman–Crippen LogP) is 4.98. The maximum atomic E-state index is 12.2. The fraction of sp³-hybridized carbons (Fsp3) is 0.136. The summed E-state index contributed by atoms with van der Waals surface area (Å²) in [6, 6.07) is 22.5. The third-order valence-corrected chi connectivity index (χ3v) is 4.32. The lowest BCUT2D eigenvalue weighted by atomic mass is 10.2. The molecule has 0 aliphatic rings. The molecule has 28 heavy (non-hydrogen) atoms. The van der Waals surface area contributed by atoms with Crippen LogP contribution in [0.2, 0.25) is 5.02 Å². The van der Waals surface area contributed by atoms with Crippen LogP contribution in [0.25, 0.3) is 0 Å². The van der Waals surface area contributed by atoms with Crippen LogP contribution in [0.1, 0.15) is 5.56 Å². The molecule has 0 heterocycles. The molecule has 144 valence electrons. The first-order valence-electron chi connectivity index (χ1n) is 8.79. The molecule has 0 unspecified atom stereocenters. The zero-order valence-electron chi connectivity index (χ0n) is 15.4. The first-order valence-corrected chi connectivity index (χ1v) is 9.16. The molecule has 0 aliphatic carbocycles. The quantitative estimate of drug-likeness (QED) is 0.563. The second-order valence-corrected chi connectivity index (χ2v) is 6.43. The lowest BCUT2D eigenvalue weighted by molar-refractivity contribution is -0.118. The number of para-hydroxylation sites is 2. The van der Waals surface area contributed by atoms with Gasteiger partial charge in [-0.3, -0.25) is 4.79 Å². The molecule has 2 N–H and O–H groups in total. The zero-order valence-corrected chi connectivity index (χ0v) is 16.2. The Hall–Kier alpha value is -3.18. The average Bonchev–Trinajstić information content (AvgIpc) is 2.72. The summed E-state index contributed by atoms with van der Waals surface area (Å²) in [6.45, 7) is 0.533. The van der Waals surface area contributed by atoms with Gasteiger partial charge in [0.2, 0.25) is 0 Å². The van der Waals surface area contributed by atoms with Crippen LogP contribution in [-0.2, 0) is 11.3 Å². The lowest BCUT2D eigenvalue weighted by Gasteiger charge is -2.12. The fourth-order valence-electron chi connectivity index (χ4n) is 2.61. The summed E-state index contributed by atoms with van der Waals surface area (Å²) in [5.74, 6) is 0.804. The highest BCUT2D eigenvalue weighted by Crippen LogP contribution is 2.27. The van der Waals surface area contributed by atoms with Gasteiger partial charge in [-0.15, -0.1) is 0 Å². The monoisotopic (exact) mass is 396 g/mol. The predicted molar refractivity (Wildman–Crippen MR) is 112 cm³/mol. The first kappa shape index (κ1) is 19.6. The minimum Gasteiger partial charge on any atom is -0.493 e. The van der Waals surface area contributed by atoms with E-state index in [1.165, 1.54) is 0 Å². The second-order valence-electron chi connectivity index (χ2n) is 6.02. The van der Waals surface area contributed by atoms with Gasteiger partial charge in [0.1, 0.15) is 0 Å². The van der Waals surface area contributed by atoms with E-state index >= 15 is 0 Å². The van der Waals surface area contributed by atoms with Gasteiger partial charge in [-0.25, -0.2) is 0 Å². The Balaban J connectivity index is 1.54. The number of ether oxygens (including phenoxy) is 2. The average molecular weight is 397 g/mol. The van der Waals surface area contributed by atoms with Gasteiger partial charge in [-0.2, -0.15) is 0 Å². The number of hydrogen-bond acceptors (Lipinski definition) is 4. The summed E-state index contributed by atoms with van der Waals surface area (Å²) in [5.41, 5.74) is 2.56. The molecule has 1 amide bonds. The molecule has 0 saturated heterocycles. The molecule has 0 bridgehead atoms. The van der Waals surface area contributed by atoms with Gasteiger partial charge in [0, 0.05) is 12.2 Å². The maximum absolute atomic E-state index is 12.2. The number of benzene rings is 3. The maximum Gasteiger partial charge on any atom is 0.262 e. The molecule has 0 saturated carbocycles. The lowest BCUT2D eigenvalue weighted by Crippen LogP contribution is -2.20. The number of amides is 1. The van der Waals surface area contributed by atoms with E-state index in [1.54, 1.807) is 31.4 Å². The number of carbonyl (C=O) groups excluding carboxylic acids is 1. The van der Waals surface area contributed by atoms with E-state index < -0.39 is 0 Å². The number of methoxy groups -OCH3 is 1. The minimum absolute atomic E-state index is 0.133. The molecule has 5 nitrogen and oxygen atoms in total. The van der Waals surface area contributed by atoms with Gasteiger partial charge < -0.3 is 20.1 Å². The Morgan fingerprint density at radius 1 is 0.964 bits per heavy atom. The van der Waals surface area contributed by atoms with Crippen molar-refractivity contribution < 1.29 is 14.3 Å².